The van der Waals surface area contributed by atoms with Gasteiger partial charge in [-0.2, -0.15) is 0 Å². The Morgan fingerprint density at radius 2 is 2.22 bits per heavy atom. The summed E-state index contributed by atoms with van der Waals surface area (Å²) in [5.74, 6) is 0.582. The van der Waals surface area contributed by atoms with Crippen LogP contribution in [0.2, 0.25) is 0 Å². The van der Waals surface area contributed by atoms with Crippen LogP contribution in [0.25, 0.3) is 0 Å². The first-order chi connectivity index (χ1) is 8.58. The molecule has 1 aromatic carbocycles. The van der Waals surface area contributed by atoms with Crippen LogP contribution in [-0.4, -0.2) is 26.1 Å². The maximum Gasteiger partial charge on any atom is 0.257 e. The van der Waals surface area contributed by atoms with E-state index in [1.165, 1.54) is 0 Å². The molecule has 0 radical (unpaired) electrons. The standard InChI is InChI=1S/C13H19BrN2O2/c1-4-16-9(2)11-6-5-10(14)7-12(11)18-8-13(17)15-3/h5-7,9,16H,4,8H2,1-3H3,(H,15,17). The maximum atomic E-state index is 11.2. The third-order valence-electron chi connectivity index (χ3n) is 2.59. The van der Waals surface area contributed by atoms with E-state index in [1.54, 1.807) is 7.05 Å². The summed E-state index contributed by atoms with van der Waals surface area (Å²) in [6, 6.07) is 6.03. The first-order valence-electron chi connectivity index (χ1n) is 5.94. The summed E-state index contributed by atoms with van der Waals surface area (Å²) in [6.45, 7) is 5.03. The number of hydrogen-bond acceptors (Lipinski definition) is 3. The Kier molecular flexibility index (Phi) is 6.15. The summed E-state index contributed by atoms with van der Waals surface area (Å²) in [5, 5.41) is 5.86. The van der Waals surface area contributed by atoms with E-state index in [-0.39, 0.29) is 18.6 Å². The van der Waals surface area contributed by atoms with Crippen LogP contribution >= 0.6 is 15.9 Å². The summed E-state index contributed by atoms with van der Waals surface area (Å²) < 4.78 is 6.49. The number of nitrogens with one attached hydrogen (secondary N) is 2. The van der Waals surface area contributed by atoms with Crippen molar-refractivity contribution in [2.24, 2.45) is 0 Å². The molecule has 0 saturated carbocycles. The van der Waals surface area contributed by atoms with Gasteiger partial charge in [0, 0.05) is 23.1 Å². The number of amides is 1. The molecule has 1 unspecified atom stereocenters. The average Bonchev–Trinajstić information content (AvgIpc) is 2.36. The lowest BCUT2D eigenvalue weighted by Gasteiger charge is -2.17. The Morgan fingerprint density at radius 3 is 2.83 bits per heavy atom. The second-order valence-electron chi connectivity index (χ2n) is 3.92. The molecular formula is C13H19BrN2O2. The largest absolute Gasteiger partial charge is 0.483 e. The lowest BCUT2D eigenvalue weighted by molar-refractivity contribution is -0.122. The van der Waals surface area contributed by atoms with Gasteiger partial charge in [-0.25, -0.2) is 0 Å². The zero-order chi connectivity index (χ0) is 13.5. The lowest BCUT2D eigenvalue weighted by Crippen LogP contribution is -2.25. The van der Waals surface area contributed by atoms with Crippen molar-refractivity contribution in [2.45, 2.75) is 19.9 Å². The maximum absolute atomic E-state index is 11.2. The molecule has 0 aliphatic heterocycles. The van der Waals surface area contributed by atoms with Gasteiger partial charge < -0.3 is 15.4 Å². The van der Waals surface area contributed by atoms with Crippen molar-refractivity contribution in [1.82, 2.24) is 10.6 Å². The molecule has 1 amide bonds. The SMILES string of the molecule is CCNC(C)c1ccc(Br)cc1OCC(=O)NC. The third kappa shape index (κ3) is 4.31. The zero-order valence-electron chi connectivity index (χ0n) is 10.9. The second-order valence-corrected chi connectivity index (χ2v) is 4.84. The highest BCUT2D eigenvalue weighted by Crippen LogP contribution is 2.28. The fourth-order valence-electron chi connectivity index (χ4n) is 1.62. The van der Waals surface area contributed by atoms with Crippen LogP contribution in [0.15, 0.2) is 22.7 Å². The van der Waals surface area contributed by atoms with Crippen LogP contribution in [0.4, 0.5) is 0 Å². The van der Waals surface area contributed by atoms with E-state index in [9.17, 15) is 4.79 Å². The van der Waals surface area contributed by atoms with Gasteiger partial charge in [-0.3, -0.25) is 4.79 Å². The molecule has 2 N–H and O–H groups in total. The highest BCUT2D eigenvalue weighted by atomic mass is 79.9. The molecule has 0 aromatic heterocycles. The molecule has 0 aliphatic carbocycles. The number of ether oxygens (including phenoxy) is 1. The van der Waals surface area contributed by atoms with E-state index in [0.717, 1.165) is 22.3 Å². The Labute approximate surface area is 116 Å². The van der Waals surface area contributed by atoms with Gasteiger partial charge in [-0.05, 0) is 25.6 Å². The molecule has 0 spiro atoms. The number of hydrogen-bond donors (Lipinski definition) is 2. The molecule has 0 heterocycles. The van der Waals surface area contributed by atoms with E-state index in [1.807, 2.05) is 18.2 Å². The number of halogens is 1. The Morgan fingerprint density at radius 1 is 1.50 bits per heavy atom. The third-order valence-corrected chi connectivity index (χ3v) is 3.08. The minimum atomic E-state index is -0.142. The van der Waals surface area contributed by atoms with E-state index in [2.05, 4.69) is 40.4 Å². The minimum absolute atomic E-state index is 0.0266. The van der Waals surface area contributed by atoms with Gasteiger partial charge in [-0.15, -0.1) is 0 Å². The summed E-state index contributed by atoms with van der Waals surface area (Å²) in [5.41, 5.74) is 1.05. The number of likely N-dealkylation sites (N-methyl/N-ethyl adjacent to an activating group) is 1. The number of carbonyl (C=O) groups excluding carboxylic acids is 1. The monoisotopic (exact) mass is 314 g/mol. The van der Waals surface area contributed by atoms with Crippen molar-refractivity contribution in [3.63, 3.8) is 0 Å². The van der Waals surface area contributed by atoms with Gasteiger partial charge in [-0.1, -0.05) is 28.9 Å². The van der Waals surface area contributed by atoms with Crippen molar-refractivity contribution in [2.75, 3.05) is 20.2 Å². The molecule has 5 heteroatoms. The normalized spacial score (nSPS) is 12.0. The molecule has 18 heavy (non-hydrogen) atoms. The van der Waals surface area contributed by atoms with Gasteiger partial charge in [0.2, 0.25) is 0 Å². The van der Waals surface area contributed by atoms with Gasteiger partial charge in [0.25, 0.3) is 5.91 Å². The van der Waals surface area contributed by atoms with E-state index >= 15 is 0 Å². The molecule has 4 nitrogen and oxygen atoms in total. The first kappa shape index (κ1) is 15.0. The predicted octanol–water partition coefficient (Wildman–Crippen LogP) is 2.24. The highest BCUT2D eigenvalue weighted by molar-refractivity contribution is 9.10. The van der Waals surface area contributed by atoms with Crippen LogP contribution < -0.4 is 15.4 Å². The second kappa shape index (κ2) is 7.38. The molecule has 1 rings (SSSR count). The molecule has 100 valence electrons. The Bertz CT molecular complexity index is 410. The molecule has 1 aromatic rings. The number of carbonyl (C=O) groups is 1. The van der Waals surface area contributed by atoms with Crippen molar-refractivity contribution in [1.29, 1.82) is 0 Å². The zero-order valence-corrected chi connectivity index (χ0v) is 12.5. The quantitative estimate of drug-likeness (QED) is 0.846. The smallest absolute Gasteiger partial charge is 0.257 e. The van der Waals surface area contributed by atoms with Gasteiger partial charge in [0.15, 0.2) is 6.61 Å². The van der Waals surface area contributed by atoms with Gasteiger partial charge >= 0.3 is 0 Å². The van der Waals surface area contributed by atoms with Gasteiger partial charge in [0.05, 0.1) is 0 Å². The molecule has 0 bridgehead atoms. The fraction of sp³-hybridized carbons (Fsp3) is 0.462. The predicted molar refractivity (Wildman–Crippen MR) is 75.8 cm³/mol. The Hall–Kier alpha value is -1.07. The number of benzene rings is 1. The summed E-state index contributed by atoms with van der Waals surface area (Å²) in [4.78, 5) is 11.2. The number of rotatable bonds is 6. The van der Waals surface area contributed by atoms with Crippen LogP contribution in [0, 0.1) is 0 Å². The van der Waals surface area contributed by atoms with Crippen LogP contribution in [0.1, 0.15) is 25.5 Å². The van der Waals surface area contributed by atoms with Crippen molar-refractivity contribution in [3.05, 3.63) is 28.2 Å². The summed E-state index contributed by atoms with van der Waals surface area (Å²) in [6.07, 6.45) is 0. The van der Waals surface area contributed by atoms with Crippen LogP contribution in [0.3, 0.4) is 0 Å². The van der Waals surface area contributed by atoms with Crippen molar-refractivity contribution in [3.8, 4) is 5.75 Å². The van der Waals surface area contributed by atoms with Crippen molar-refractivity contribution >= 4 is 21.8 Å². The summed E-state index contributed by atoms with van der Waals surface area (Å²) >= 11 is 3.41. The van der Waals surface area contributed by atoms with E-state index < -0.39 is 0 Å². The molecule has 1 atom stereocenters. The average molecular weight is 315 g/mol. The molecular weight excluding hydrogens is 296 g/mol. The fourth-order valence-corrected chi connectivity index (χ4v) is 1.96. The molecule has 0 aliphatic rings. The lowest BCUT2D eigenvalue weighted by atomic mass is 10.1. The minimum Gasteiger partial charge on any atom is -0.483 e. The van der Waals surface area contributed by atoms with Gasteiger partial charge in [0.1, 0.15) is 5.75 Å². The van der Waals surface area contributed by atoms with Crippen molar-refractivity contribution < 1.29 is 9.53 Å². The Balaban J connectivity index is 2.85. The molecule has 0 fully saturated rings. The van der Waals surface area contributed by atoms with E-state index in [0.29, 0.717) is 0 Å². The van der Waals surface area contributed by atoms with E-state index in [4.69, 9.17) is 4.74 Å². The van der Waals surface area contributed by atoms with Crippen LogP contribution in [-0.2, 0) is 4.79 Å². The first-order valence-corrected chi connectivity index (χ1v) is 6.74. The van der Waals surface area contributed by atoms with Crippen LogP contribution in [0.5, 0.6) is 5.75 Å². The topological polar surface area (TPSA) is 50.4 Å². The molecule has 0 saturated heterocycles. The highest BCUT2D eigenvalue weighted by Gasteiger charge is 2.12. The summed E-state index contributed by atoms with van der Waals surface area (Å²) in [7, 11) is 1.59.